The number of nitrogens with zero attached hydrogens (tertiary/aromatic N) is 2. The molecule has 0 radical (unpaired) electrons. The van der Waals surface area contributed by atoms with Gasteiger partial charge in [-0.3, -0.25) is 0 Å². The Labute approximate surface area is 478 Å². The van der Waals surface area contributed by atoms with Crippen molar-refractivity contribution in [1.82, 2.24) is 19.9 Å². The van der Waals surface area contributed by atoms with Crippen LogP contribution in [0.1, 0.15) is 147 Å². The van der Waals surface area contributed by atoms with Gasteiger partial charge in [0.2, 0.25) is 0 Å². The Hall–Kier alpha value is -12.4. The summed E-state index contributed by atoms with van der Waals surface area (Å²) in [5.41, 5.74) is -21.2. The maximum absolute atomic E-state index is 13.3. The summed E-state index contributed by atoms with van der Waals surface area (Å²) in [5.74, 6) is -22.8. The Kier molecular flexibility index (Phi) is 15.2. The first-order chi connectivity index (χ1) is 39.6. The first-order valence-electron chi connectivity index (χ1n) is 23.3. The summed E-state index contributed by atoms with van der Waals surface area (Å²) in [4.78, 5) is 171. The fourth-order valence-corrected chi connectivity index (χ4v) is 9.75. The second kappa shape index (κ2) is 21.9. The van der Waals surface area contributed by atoms with Gasteiger partial charge in [-0.2, -0.15) is 0 Å². The number of carboxylic acid groups (broad SMARTS) is 12. The SMILES string of the molecule is O=C(O)c1cc(C(=O)O)c(-c2c3nc(c(-c4c(C(=O)O)cc(C(=O)O)cc4C(=O)O)c4ccc([nH]4)c(-c4c(C(=O)O)cc(C(=O)O)cc4C(=O)O)c4nc(c(-c5c(C(=O)O)cc(C(=O)O)cc5C(=O)O)c5ccc2[nH]5)C=C4)C=C3)c(C(=O)O)c1.[Ni]. The van der Waals surface area contributed by atoms with Crippen molar-refractivity contribution < 1.29 is 135 Å². The van der Waals surface area contributed by atoms with E-state index in [1.54, 1.807) is 0 Å². The third-order valence-corrected chi connectivity index (χ3v) is 13.1. The molecule has 5 heterocycles. The van der Waals surface area contributed by atoms with Gasteiger partial charge in [0.1, 0.15) is 0 Å². The molecule has 2 aliphatic heterocycles. The van der Waals surface area contributed by atoms with Crippen LogP contribution in [0.15, 0.2) is 72.8 Å². The molecular weight excluding hydrogens is 1170 g/mol. The Bertz CT molecular complexity index is 3900. The number of aromatic amines is 2. The van der Waals surface area contributed by atoms with E-state index in [2.05, 4.69) is 19.9 Å². The molecule has 0 atom stereocenters. The number of fused-ring (bicyclic) bond motifs is 8. The number of aromatic carboxylic acids is 12. The number of carbonyl (C=O) groups is 12. The number of hydrogen-bond acceptors (Lipinski definition) is 14. The number of nitrogens with one attached hydrogen (secondary N) is 2. The summed E-state index contributed by atoms with van der Waals surface area (Å²) in [5, 5.41) is 126. The van der Waals surface area contributed by atoms with Crippen LogP contribution in [0.3, 0.4) is 0 Å². The standard InChI is InChI=1S/C56H30N4O24.Ni/c61-45(62)17-9-21(49(69)70)37(22(10-17)50(71)72)41-29-1-2-30(57-29)42(38-23(51(73)74)11-18(46(63)64)12-24(38)52(75)76)32-5-6-34(59-32)44(40-27(55(81)82)15-20(48(67)68)16-28(40)56(83)84)36-8-7-35(60-36)43(33-4-3-31(41)58-33)39-25(53(77)78)13-19(47(65)66)14-26(39)54(79)80;/h1-16,57,60H,(H,61,62)(H,63,64)(H,65,66)(H,67,68)(H,69,70)(H,71,72)(H,73,74)(H,75,76)(H,77,78)(H,79,80)(H,81,82)(H,83,84);. The number of rotatable bonds is 16. The molecule has 0 fully saturated rings. The summed E-state index contributed by atoms with van der Waals surface area (Å²) >= 11 is 0. The van der Waals surface area contributed by atoms with E-state index in [9.17, 15) is 119 Å². The maximum atomic E-state index is 13.3. The zero-order chi connectivity index (χ0) is 61.2. The molecular formula is C56H30N4NiO24. The van der Waals surface area contributed by atoms with E-state index in [0.717, 1.165) is 48.6 Å². The molecule has 7 aromatic rings. The second-order valence-electron chi connectivity index (χ2n) is 17.9. The Morgan fingerprint density at radius 1 is 0.247 bits per heavy atom. The fourth-order valence-electron chi connectivity index (χ4n) is 9.75. The third kappa shape index (κ3) is 10.3. The number of benzene rings is 4. The molecule has 28 nitrogen and oxygen atoms in total. The van der Waals surface area contributed by atoms with E-state index >= 15 is 0 Å². The Morgan fingerprint density at radius 2 is 0.400 bits per heavy atom. The number of aromatic nitrogens is 4. The predicted molar refractivity (Wildman–Crippen MR) is 284 cm³/mol. The van der Waals surface area contributed by atoms with Crippen LogP contribution in [0.4, 0.5) is 0 Å². The molecule has 0 aliphatic carbocycles. The second-order valence-corrected chi connectivity index (χ2v) is 17.9. The van der Waals surface area contributed by atoms with Crippen LogP contribution >= 0.6 is 0 Å². The predicted octanol–water partition coefficient (Wildman–Crippen LogP) is 7.70. The van der Waals surface area contributed by atoms with Crippen molar-refractivity contribution in [3.63, 3.8) is 0 Å². The van der Waals surface area contributed by atoms with Crippen molar-refractivity contribution in [3.05, 3.63) is 162 Å². The summed E-state index contributed by atoms with van der Waals surface area (Å²) < 4.78 is 0. The van der Waals surface area contributed by atoms with Gasteiger partial charge in [-0.25, -0.2) is 67.5 Å². The molecule has 29 heteroatoms. The fraction of sp³-hybridized carbons (Fsp3) is 0. The van der Waals surface area contributed by atoms with Gasteiger partial charge in [-0.05, 0) is 97.1 Å². The number of hydrogen-bond donors (Lipinski definition) is 14. The zero-order valence-electron chi connectivity index (χ0n) is 41.7. The van der Waals surface area contributed by atoms with Crippen molar-refractivity contribution in [3.8, 4) is 44.5 Å². The minimum Gasteiger partial charge on any atom is -0.478 e. The van der Waals surface area contributed by atoms with Gasteiger partial charge in [0.15, 0.2) is 0 Å². The van der Waals surface area contributed by atoms with Crippen molar-refractivity contribution in [2.24, 2.45) is 0 Å². The monoisotopic (exact) mass is 1200 g/mol. The number of H-pyrrole nitrogens is 2. The first kappa shape index (κ1) is 58.8. The summed E-state index contributed by atoms with van der Waals surface area (Å²) in [6.45, 7) is 0. The van der Waals surface area contributed by atoms with E-state index < -0.39 is 228 Å². The average Bonchev–Trinajstić information content (AvgIpc) is 2.11. The van der Waals surface area contributed by atoms with Crippen LogP contribution in [0, 0.1) is 0 Å². The molecule has 428 valence electrons. The molecule has 0 saturated carbocycles. The Balaban J connectivity index is 0.00000940. The van der Waals surface area contributed by atoms with Crippen LogP contribution in [0.25, 0.3) is 90.9 Å². The summed E-state index contributed by atoms with van der Waals surface area (Å²) in [6, 6.07) is 8.94. The summed E-state index contributed by atoms with van der Waals surface area (Å²) in [7, 11) is 0. The van der Waals surface area contributed by atoms with Crippen LogP contribution < -0.4 is 0 Å². The Morgan fingerprint density at radius 3 is 0.529 bits per heavy atom. The zero-order valence-corrected chi connectivity index (χ0v) is 42.7. The van der Waals surface area contributed by atoms with Gasteiger partial charge >= 0.3 is 71.6 Å². The van der Waals surface area contributed by atoms with Crippen LogP contribution in [-0.2, 0) is 16.5 Å². The molecule has 9 rings (SSSR count). The van der Waals surface area contributed by atoms with Gasteiger partial charge in [0, 0.05) is 83.1 Å². The molecule has 0 amide bonds. The first-order valence-corrected chi connectivity index (χ1v) is 23.3. The molecule has 0 unspecified atom stereocenters. The van der Waals surface area contributed by atoms with Gasteiger partial charge in [-0.1, -0.05) is 0 Å². The maximum Gasteiger partial charge on any atom is 0.336 e. The van der Waals surface area contributed by atoms with E-state index in [1.165, 1.54) is 0 Å². The number of carboxylic acids is 12. The smallest absolute Gasteiger partial charge is 0.336 e. The minimum absolute atomic E-state index is 0. The van der Waals surface area contributed by atoms with Crippen molar-refractivity contribution >= 4 is 118 Å². The van der Waals surface area contributed by atoms with Crippen LogP contribution in [-0.4, -0.2) is 153 Å². The third-order valence-electron chi connectivity index (χ3n) is 13.1. The largest absolute Gasteiger partial charge is 0.478 e. The molecule has 2 aliphatic rings. The van der Waals surface area contributed by atoms with E-state index in [0.29, 0.717) is 48.5 Å². The van der Waals surface area contributed by atoms with Crippen molar-refractivity contribution in [1.29, 1.82) is 0 Å². The molecule has 85 heavy (non-hydrogen) atoms. The summed E-state index contributed by atoms with van der Waals surface area (Å²) in [6.07, 6.45) is 4.19. The molecule has 0 spiro atoms. The van der Waals surface area contributed by atoms with Gasteiger partial charge < -0.3 is 71.2 Å². The van der Waals surface area contributed by atoms with Crippen molar-refractivity contribution in [2.75, 3.05) is 0 Å². The minimum atomic E-state index is -1.95. The van der Waals surface area contributed by atoms with E-state index in [-0.39, 0.29) is 16.5 Å². The van der Waals surface area contributed by atoms with E-state index in [1.807, 2.05) is 0 Å². The van der Waals surface area contributed by atoms with Crippen LogP contribution in [0.5, 0.6) is 0 Å². The van der Waals surface area contributed by atoms with Gasteiger partial charge in [0.05, 0.1) is 89.5 Å². The van der Waals surface area contributed by atoms with Gasteiger partial charge in [-0.15, -0.1) is 0 Å². The molecule has 4 aromatic carbocycles. The molecule has 14 N–H and O–H groups in total. The topological polar surface area (TPSA) is 505 Å². The van der Waals surface area contributed by atoms with Gasteiger partial charge in [0.25, 0.3) is 0 Å². The quantitative estimate of drug-likeness (QED) is 0.0412. The average molecular weight is 1200 g/mol. The van der Waals surface area contributed by atoms with Crippen LogP contribution in [0.2, 0.25) is 0 Å². The van der Waals surface area contributed by atoms with E-state index in [4.69, 9.17) is 0 Å². The normalized spacial score (nSPS) is 11.3. The van der Waals surface area contributed by atoms with Crippen molar-refractivity contribution in [2.45, 2.75) is 0 Å². The molecule has 3 aromatic heterocycles. The molecule has 0 saturated heterocycles. The molecule has 8 bridgehead atoms.